The number of nitrogens with one attached hydrogen (secondary N) is 1. The van der Waals surface area contributed by atoms with Crippen LogP contribution in [0.4, 0.5) is 0 Å². The molecule has 142 valence electrons. The second kappa shape index (κ2) is 8.54. The summed E-state index contributed by atoms with van der Waals surface area (Å²) in [6.45, 7) is 6.24. The third-order valence-corrected chi connectivity index (χ3v) is 5.69. The highest BCUT2D eigenvalue weighted by Crippen LogP contribution is 2.47. The van der Waals surface area contributed by atoms with Crippen LogP contribution in [-0.4, -0.2) is 51.6 Å². The lowest BCUT2D eigenvalue weighted by molar-refractivity contribution is 0.151. The lowest BCUT2D eigenvalue weighted by atomic mass is 9.68. The molecule has 1 saturated heterocycles. The summed E-state index contributed by atoms with van der Waals surface area (Å²) >= 11 is 0. The maximum atomic E-state index is 4.87. The average molecular weight is 468 g/mol. The molecule has 0 amide bonds. The van der Waals surface area contributed by atoms with E-state index in [2.05, 4.69) is 31.7 Å². The predicted octanol–water partition coefficient (Wildman–Crippen LogP) is 3.12. The maximum absolute atomic E-state index is 4.87. The molecule has 0 aromatic carbocycles. The molecule has 3 heterocycles. The Morgan fingerprint density at radius 2 is 2.15 bits per heavy atom. The van der Waals surface area contributed by atoms with E-state index in [0.29, 0.717) is 5.41 Å². The maximum Gasteiger partial charge on any atom is 0.193 e. The van der Waals surface area contributed by atoms with Crippen LogP contribution in [0.25, 0.3) is 5.65 Å². The molecule has 7 heteroatoms. The van der Waals surface area contributed by atoms with Crippen molar-refractivity contribution in [1.29, 1.82) is 0 Å². The van der Waals surface area contributed by atoms with E-state index in [1.165, 1.54) is 32.2 Å². The summed E-state index contributed by atoms with van der Waals surface area (Å²) in [4.78, 5) is 7.34. The standard InChI is InChI=1S/C19H28N6.HI/c1-2-20-18(24-14-11-19(15-24)9-6-10-19)21-12-5-8-17-23-22-16-7-3-4-13-25(16)17;/h3-4,7,13H,2,5-6,8-12,14-15H2,1H3,(H,20,21);1H. The fraction of sp³-hybridized carbons (Fsp3) is 0.632. The van der Waals surface area contributed by atoms with Gasteiger partial charge in [0.15, 0.2) is 11.6 Å². The van der Waals surface area contributed by atoms with Crippen molar-refractivity contribution in [3.63, 3.8) is 0 Å². The van der Waals surface area contributed by atoms with E-state index in [-0.39, 0.29) is 24.0 Å². The smallest absolute Gasteiger partial charge is 0.193 e. The molecule has 1 N–H and O–H groups in total. The van der Waals surface area contributed by atoms with Crippen molar-refractivity contribution >= 4 is 35.6 Å². The quantitative estimate of drug-likeness (QED) is 0.317. The van der Waals surface area contributed by atoms with E-state index in [4.69, 9.17) is 4.99 Å². The minimum Gasteiger partial charge on any atom is -0.357 e. The molecule has 1 saturated carbocycles. The van der Waals surface area contributed by atoms with E-state index in [1.807, 2.05) is 24.4 Å². The van der Waals surface area contributed by atoms with Gasteiger partial charge in [-0.1, -0.05) is 12.5 Å². The van der Waals surface area contributed by atoms with Gasteiger partial charge in [0.2, 0.25) is 0 Å². The van der Waals surface area contributed by atoms with E-state index in [9.17, 15) is 0 Å². The first-order chi connectivity index (χ1) is 12.3. The monoisotopic (exact) mass is 468 g/mol. The van der Waals surface area contributed by atoms with Crippen LogP contribution in [0, 0.1) is 5.41 Å². The molecule has 4 rings (SSSR count). The number of hydrogen-bond donors (Lipinski definition) is 1. The zero-order valence-electron chi connectivity index (χ0n) is 15.5. The molecule has 2 aliphatic rings. The molecule has 2 aromatic heterocycles. The van der Waals surface area contributed by atoms with Crippen LogP contribution in [0.2, 0.25) is 0 Å². The summed E-state index contributed by atoms with van der Waals surface area (Å²) in [5.41, 5.74) is 1.52. The fourth-order valence-electron chi connectivity index (χ4n) is 4.11. The Morgan fingerprint density at radius 1 is 1.27 bits per heavy atom. The molecule has 0 radical (unpaired) electrons. The van der Waals surface area contributed by atoms with E-state index < -0.39 is 0 Å². The number of likely N-dealkylation sites (tertiary alicyclic amines) is 1. The number of aliphatic imine (C=N–C) groups is 1. The van der Waals surface area contributed by atoms with Gasteiger partial charge < -0.3 is 10.2 Å². The average Bonchev–Trinajstić information content (AvgIpc) is 3.22. The summed E-state index contributed by atoms with van der Waals surface area (Å²) in [5, 5.41) is 12.0. The number of aromatic nitrogens is 3. The second-order valence-electron chi connectivity index (χ2n) is 7.41. The Kier molecular flexibility index (Phi) is 6.37. The minimum atomic E-state index is 0. The lowest BCUT2D eigenvalue weighted by Gasteiger charge is -2.38. The Bertz CT molecular complexity index is 751. The highest BCUT2D eigenvalue weighted by atomic mass is 127. The first kappa shape index (κ1) is 19.4. The van der Waals surface area contributed by atoms with Crippen LogP contribution in [0.5, 0.6) is 0 Å². The topological polar surface area (TPSA) is 57.8 Å². The van der Waals surface area contributed by atoms with Gasteiger partial charge in [-0.15, -0.1) is 34.2 Å². The van der Waals surface area contributed by atoms with Crippen LogP contribution >= 0.6 is 24.0 Å². The van der Waals surface area contributed by atoms with Gasteiger partial charge in [-0.05, 0) is 50.2 Å². The van der Waals surface area contributed by atoms with Crippen molar-refractivity contribution in [2.45, 2.75) is 45.4 Å². The van der Waals surface area contributed by atoms with Crippen molar-refractivity contribution in [2.75, 3.05) is 26.2 Å². The Hall–Kier alpha value is -1.38. The number of aryl methyl sites for hydroxylation is 1. The van der Waals surface area contributed by atoms with Crippen LogP contribution in [0.15, 0.2) is 29.4 Å². The van der Waals surface area contributed by atoms with E-state index in [1.54, 1.807) is 0 Å². The number of hydrogen-bond acceptors (Lipinski definition) is 3. The second-order valence-corrected chi connectivity index (χ2v) is 7.41. The van der Waals surface area contributed by atoms with Crippen molar-refractivity contribution in [1.82, 2.24) is 24.8 Å². The Labute approximate surface area is 172 Å². The van der Waals surface area contributed by atoms with Crippen LogP contribution in [0.1, 0.15) is 44.9 Å². The first-order valence-electron chi connectivity index (χ1n) is 9.62. The molecule has 0 unspecified atom stereocenters. The molecular formula is C19H29IN6. The van der Waals surface area contributed by atoms with Gasteiger partial charge in [0, 0.05) is 38.8 Å². The van der Waals surface area contributed by atoms with Gasteiger partial charge in [0.05, 0.1) is 0 Å². The zero-order chi connectivity index (χ0) is 17.1. The summed E-state index contributed by atoms with van der Waals surface area (Å²) in [6, 6.07) is 6.00. The zero-order valence-corrected chi connectivity index (χ0v) is 17.9. The highest BCUT2D eigenvalue weighted by molar-refractivity contribution is 14.0. The summed E-state index contributed by atoms with van der Waals surface area (Å²) in [5.74, 6) is 2.11. The molecule has 1 spiro atoms. The van der Waals surface area contributed by atoms with Gasteiger partial charge in [-0.25, -0.2) is 0 Å². The first-order valence-corrected chi connectivity index (χ1v) is 9.62. The van der Waals surface area contributed by atoms with Gasteiger partial charge in [-0.2, -0.15) is 0 Å². The lowest BCUT2D eigenvalue weighted by Crippen LogP contribution is -2.42. The third kappa shape index (κ3) is 3.97. The number of nitrogens with zero attached hydrogens (tertiary/aromatic N) is 5. The van der Waals surface area contributed by atoms with Crippen molar-refractivity contribution in [2.24, 2.45) is 10.4 Å². The van der Waals surface area contributed by atoms with Gasteiger partial charge in [-0.3, -0.25) is 9.39 Å². The molecule has 6 nitrogen and oxygen atoms in total. The highest BCUT2D eigenvalue weighted by Gasteiger charge is 2.43. The van der Waals surface area contributed by atoms with Gasteiger partial charge >= 0.3 is 0 Å². The molecule has 26 heavy (non-hydrogen) atoms. The third-order valence-electron chi connectivity index (χ3n) is 5.69. The Balaban J connectivity index is 0.00000196. The number of rotatable bonds is 5. The molecule has 1 aliphatic heterocycles. The van der Waals surface area contributed by atoms with Gasteiger partial charge in [0.1, 0.15) is 5.82 Å². The van der Waals surface area contributed by atoms with Crippen molar-refractivity contribution < 1.29 is 0 Å². The van der Waals surface area contributed by atoms with Crippen molar-refractivity contribution in [3.8, 4) is 0 Å². The van der Waals surface area contributed by atoms with Gasteiger partial charge in [0.25, 0.3) is 0 Å². The summed E-state index contributed by atoms with van der Waals surface area (Å²) < 4.78 is 2.07. The molecule has 2 fully saturated rings. The minimum absolute atomic E-state index is 0. The molecule has 2 aromatic rings. The van der Waals surface area contributed by atoms with Crippen LogP contribution < -0.4 is 5.32 Å². The number of halogens is 1. The van der Waals surface area contributed by atoms with Crippen molar-refractivity contribution in [3.05, 3.63) is 30.2 Å². The summed E-state index contributed by atoms with van der Waals surface area (Å²) in [7, 11) is 0. The number of fused-ring (bicyclic) bond motifs is 1. The molecule has 1 aliphatic carbocycles. The SMILES string of the molecule is CCNC(=NCCCc1nnc2ccccn12)N1CCC2(CCC2)C1.I. The van der Waals surface area contributed by atoms with E-state index in [0.717, 1.165) is 49.9 Å². The predicted molar refractivity (Wildman–Crippen MR) is 115 cm³/mol. The van der Waals surface area contributed by atoms with E-state index >= 15 is 0 Å². The largest absolute Gasteiger partial charge is 0.357 e. The molecule has 0 atom stereocenters. The van der Waals surface area contributed by atoms with Crippen LogP contribution in [-0.2, 0) is 6.42 Å². The number of guanidine groups is 1. The molecule has 0 bridgehead atoms. The van der Waals surface area contributed by atoms with Crippen LogP contribution in [0.3, 0.4) is 0 Å². The number of pyridine rings is 1. The Morgan fingerprint density at radius 3 is 2.88 bits per heavy atom. The fourth-order valence-corrected chi connectivity index (χ4v) is 4.11. The molecular weight excluding hydrogens is 439 g/mol. The summed E-state index contributed by atoms with van der Waals surface area (Å²) in [6.07, 6.45) is 9.48. The normalized spacial score (nSPS) is 18.8.